The van der Waals surface area contributed by atoms with E-state index in [1.165, 1.54) is 31.5 Å². The Hall–Kier alpha value is -3.02. The highest BCUT2D eigenvalue weighted by Crippen LogP contribution is 2.28. The number of benzene rings is 2. The van der Waals surface area contributed by atoms with E-state index in [0.717, 1.165) is 40.0 Å². The van der Waals surface area contributed by atoms with Crippen LogP contribution in [-0.4, -0.2) is 37.7 Å². The average molecular weight is 429 g/mol. The van der Waals surface area contributed by atoms with Gasteiger partial charge < -0.3 is 5.11 Å². The number of hydrogen-bond donors (Lipinski definition) is 1. The van der Waals surface area contributed by atoms with E-state index >= 15 is 0 Å². The third kappa shape index (κ3) is 4.74. The molecule has 0 radical (unpaired) electrons. The minimum absolute atomic E-state index is 0.500. The van der Waals surface area contributed by atoms with Crippen LogP contribution in [0.1, 0.15) is 50.8 Å². The quantitative estimate of drug-likeness (QED) is 0.440. The first-order chi connectivity index (χ1) is 15.7. The Bertz CT molecular complexity index is 1160. The summed E-state index contributed by atoms with van der Waals surface area (Å²) in [6.07, 6.45) is 7.92. The van der Waals surface area contributed by atoms with Crippen molar-refractivity contribution in [3.8, 4) is 22.3 Å². The maximum absolute atomic E-state index is 9.88. The second kappa shape index (κ2) is 10.1. The van der Waals surface area contributed by atoms with Gasteiger partial charge in [0, 0.05) is 30.1 Å². The molecule has 3 heterocycles. The van der Waals surface area contributed by atoms with Gasteiger partial charge in [-0.2, -0.15) is 5.10 Å². The van der Waals surface area contributed by atoms with Crippen molar-refractivity contribution >= 4 is 5.65 Å². The minimum Gasteiger partial charge on any atom is -0.389 e. The highest BCUT2D eigenvalue weighted by Gasteiger charge is 2.13. The van der Waals surface area contributed by atoms with Crippen molar-refractivity contribution in [3.05, 3.63) is 78.2 Å². The molecule has 1 unspecified atom stereocenters. The Labute approximate surface area is 190 Å². The van der Waals surface area contributed by atoms with Gasteiger partial charge in [-0.1, -0.05) is 56.3 Å². The molecule has 0 saturated carbocycles. The summed E-state index contributed by atoms with van der Waals surface area (Å²) in [5.74, 6) is 0. The topological polar surface area (TPSA) is 53.7 Å². The van der Waals surface area contributed by atoms with Gasteiger partial charge in [0.1, 0.15) is 0 Å². The van der Waals surface area contributed by atoms with E-state index in [1.54, 1.807) is 6.92 Å². The van der Waals surface area contributed by atoms with Crippen LogP contribution in [0, 0.1) is 0 Å². The molecule has 1 N–H and O–H groups in total. The largest absolute Gasteiger partial charge is 0.389 e. The van der Waals surface area contributed by atoms with Gasteiger partial charge in [0.25, 0.3) is 0 Å². The first-order valence-corrected chi connectivity index (χ1v) is 11.6. The number of aliphatic hydroxyl groups is 1. The van der Waals surface area contributed by atoms with E-state index < -0.39 is 6.10 Å². The Morgan fingerprint density at radius 1 is 0.938 bits per heavy atom. The molecular weight excluding hydrogens is 396 g/mol. The highest BCUT2D eigenvalue weighted by atomic mass is 16.3. The zero-order valence-electron chi connectivity index (χ0n) is 19.2. The molecule has 2 aromatic carbocycles. The molecule has 0 spiro atoms. The van der Waals surface area contributed by atoms with Gasteiger partial charge >= 0.3 is 0 Å². The SMILES string of the molecule is CC.CC(O)c1cccc(-c2cnn3cc(-c4ccc(CN5CCCC5)cc4)cnc23)c1. The van der Waals surface area contributed by atoms with Crippen molar-refractivity contribution in [3.63, 3.8) is 0 Å². The van der Waals surface area contributed by atoms with Gasteiger partial charge in [0.05, 0.1) is 12.3 Å². The zero-order valence-corrected chi connectivity index (χ0v) is 19.2. The lowest BCUT2D eigenvalue weighted by atomic mass is 10.0. The molecule has 5 nitrogen and oxygen atoms in total. The number of likely N-dealkylation sites (tertiary alicyclic amines) is 1. The molecule has 1 aliphatic heterocycles. The van der Waals surface area contributed by atoms with E-state index in [9.17, 15) is 5.11 Å². The molecule has 5 rings (SSSR count). The Morgan fingerprint density at radius 3 is 2.41 bits per heavy atom. The van der Waals surface area contributed by atoms with Crippen LogP contribution in [-0.2, 0) is 6.54 Å². The van der Waals surface area contributed by atoms with Crippen LogP contribution < -0.4 is 0 Å². The summed E-state index contributed by atoms with van der Waals surface area (Å²) in [6.45, 7) is 9.23. The molecule has 0 aliphatic carbocycles. The van der Waals surface area contributed by atoms with Crippen molar-refractivity contribution in [2.75, 3.05) is 13.1 Å². The van der Waals surface area contributed by atoms with Crippen molar-refractivity contribution in [1.29, 1.82) is 0 Å². The van der Waals surface area contributed by atoms with Gasteiger partial charge in [-0.3, -0.25) is 4.90 Å². The van der Waals surface area contributed by atoms with Gasteiger partial charge in [-0.05, 0) is 61.2 Å². The lowest BCUT2D eigenvalue weighted by molar-refractivity contribution is 0.199. The average Bonchev–Trinajstić information content (AvgIpc) is 3.50. The second-order valence-corrected chi connectivity index (χ2v) is 8.15. The van der Waals surface area contributed by atoms with E-state index in [1.807, 2.05) is 61.2 Å². The summed E-state index contributed by atoms with van der Waals surface area (Å²) < 4.78 is 1.83. The van der Waals surface area contributed by atoms with Crippen LogP contribution in [0.15, 0.2) is 67.1 Å². The fourth-order valence-corrected chi connectivity index (χ4v) is 4.20. The number of aromatic nitrogens is 3. The van der Waals surface area contributed by atoms with E-state index in [0.29, 0.717) is 0 Å². The van der Waals surface area contributed by atoms with Crippen molar-refractivity contribution < 1.29 is 5.11 Å². The molecule has 166 valence electrons. The van der Waals surface area contributed by atoms with Gasteiger partial charge in [0.2, 0.25) is 0 Å². The van der Waals surface area contributed by atoms with Crippen molar-refractivity contribution in [2.45, 2.75) is 46.3 Å². The fourth-order valence-electron chi connectivity index (χ4n) is 4.20. The number of fused-ring (bicyclic) bond motifs is 1. The molecule has 1 aliphatic rings. The van der Waals surface area contributed by atoms with Crippen LogP contribution in [0.5, 0.6) is 0 Å². The predicted octanol–water partition coefficient (Wildman–Crippen LogP) is 5.74. The van der Waals surface area contributed by atoms with Gasteiger partial charge in [0.15, 0.2) is 5.65 Å². The van der Waals surface area contributed by atoms with Crippen LogP contribution in [0.3, 0.4) is 0 Å². The Balaban J connectivity index is 0.00000119. The van der Waals surface area contributed by atoms with Crippen LogP contribution in [0.4, 0.5) is 0 Å². The van der Waals surface area contributed by atoms with Gasteiger partial charge in [-0.25, -0.2) is 9.50 Å². The molecular formula is C27H32N4O. The summed E-state index contributed by atoms with van der Waals surface area (Å²) in [4.78, 5) is 7.22. The number of rotatable bonds is 5. The lowest BCUT2D eigenvalue weighted by Gasteiger charge is -2.14. The third-order valence-electron chi connectivity index (χ3n) is 5.93. The normalized spacial score (nSPS) is 14.9. The van der Waals surface area contributed by atoms with Crippen LogP contribution >= 0.6 is 0 Å². The van der Waals surface area contributed by atoms with Crippen molar-refractivity contribution in [2.24, 2.45) is 0 Å². The maximum Gasteiger partial charge on any atom is 0.162 e. The first kappa shape index (κ1) is 22.2. The molecule has 1 atom stereocenters. The van der Waals surface area contributed by atoms with E-state index in [4.69, 9.17) is 4.98 Å². The molecule has 4 aromatic rings. The molecule has 2 aromatic heterocycles. The molecule has 32 heavy (non-hydrogen) atoms. The Morgan fingerprint density at radius 2 is 1.69 bits per heavy atom. The monoisotopic (exact) mass is 428 g/mol. The van der Waals surface area contributed by atoms with Crippen LogP contribution in [0.2, 0.25) is 0 Å². The Kier molecular flexibility index (Phi) is 6.98. The van der Waals surface area contributed by atoms with E-state index in [-0.39, 0.29) is 0 Å². The van der Waals surface area contributed by atoms with Crippen molar-refractivity contribution in [1.82, 2.24) is 19.5 Å². The van der Waals surface area contributed by atoms with Gasteiger partial charge in [-0.15, -0.1) is 0 Å². The second-order valence-electron chi connectivity index (χ2n) is 8.15. The summed E-state index contributed by atoms with van der Waals surface area (Å²) in [5.41, 5.74) is 7.21. The van der Waals surface area contributed by atoms with Crippen LogP contribution in [0.25, 0.3) is 27.9 Å². The number of aliphatic hydroxyl groups excluding tert-OH is 1. The number of nitrogens with zero attached hydrogens (tertiary/aromatic N) is 4. The number of hydrogen-bond acceptors (Lipinski definition) is 4. The fraction of sp³-hybridized carbons (Fsp3) is 0.333. The highest BCUT2D eigenvalue weighted by molar-refractivity contribution is 5.78. The summed E-state index contributed by atoms with van der Waals surface area (Å²) in [7, 11) is 0. The summed E-state index contributed by atoms with van der Waals surface area (Å²) in [6, 6.07) is 16.7. The zero-order chi connectivity index (χ0) is 22.5. The molecule has 5 heteroatoms. The van der Waals surface area contributed by atoms with E-state index in [2.05, 4.69) is 34.3 Å². The lowest BCUT2D eigenvalue weighted by Crippen LogP contribution is -2.18. The summed E-state index contributed by atoms with van der Waals surface area (Å²) in [5, 5.41) is 14.4. The smallest absolute Gasteiger partial charge is 0.162 e. The molecule has 1 saturated heterocycles. The molecule has 0 bridgehead atoms. The third-order valence-corrected chi connectivity index (χ3v) is 5.93. The minimum atomic E-state index is -0.500. The predicted molar refractivity (Wildman–Crippen MR) is 130 cm³/mol. The molecule has 1 fully saturated rings. The maximum atomic E-state index is 9.88. The summed E-state index contributed by atoms with van der Waals surface area (Å²) >= 11 is 0. The first-order valence-electron chi connectivity index (χ1n) is 11.6. The molecule has 0 amide bonds. The standard InChI is InChI=1S/C25H26N4O.C2H6/c1-18(30)21-5-4-6-22(13-21)24-15-27-29-17-23(14-26-25(24)29)20-9-7-19(8-10-20)16-28-11-2-3-12-28;1-2/h4-10,13-15,17-18,30H,2-3,11-12,16H2,1H3;1-2H3.